The molecule has 0 unspecified atom stereocenters. The molecule has 0 saturated carbocycles. The molecular weight excluding hydrogens is 454 g/mol. The predicted molar refractivity (Wildman–Crippen MR) is 139 cm³/mol. The number of carbonyl (C=O) groups is 1. The molecule has 0 bridgehead atoms. The molecule has 0 spiro atoms. The number of hydrogen-bond acceptors (Lipinski definition) is 6. The minimum atomic E-state index is -0.126. The highest BCUT2D eigenvalue weighted by molar-refractivity contribution is 6.17. The second-order valence-electron chi connectivity index (χ2n) is 9.23. The summed E-state index contributed by atoms with van der Waals surface area (Å²) in [6.07, 6.45) is 5.49. The van der Waals surface area contributed by atoms with Gasteiger partial charge in [0.2, 0.25) is 5.78 Å². The standard InChI is InChI=1S/C27H27N7O2/c1-3-20-24(18-7-4-5-8-21(18)32(20)2)25(35)19-15-23(30-16-29-19)33-13-10-17(11-14-33)34-22-9-6-12-28-26(22)31-27(34)36/h4-9,12,15-17H,3,10-11,13-14H2,1-2H3,(H,28,31,36). The summed E-state index contributed by atoms with van der Waals surface area (Å²) in [6, 6.07) is 13.6. The van der Waals surface area contributed by atoms with Crippen molar-refractivity contribution in [2.75, 3.05) is 18.0 Å². The van der Waals surface area contributed by atoms with Crippen LogP contribution in [0.1, 0.15) is 47.6 Å². The number of carbonyl (C=O) groups excluding carboxylic acids is 1. The van der Waals surface area contributed by atoms with Crippen molar-refractivity contribution in [3.8, 4) is 0 Å². The zero-order valence-electron chi connectivity index (χ0n) is 20.3. The lowest BCUT2D eigenvalue weighted by atomic mass is 10.0. The molecule has 0 aliphatic carbocycles. The van der Waals surface area contributed by atoms with Gasteiger partial charge in [0, 0.05) is 55.0 Å². The molecule has 1 aliphatic heterocycles. The lowest BCUT2D eigenvalue weighted by molar-refractivity contribution is 0.103. The molecule has 0 radical (unpaired) electrons. The minimum Gasteiger partial charge on any atom is -0.356 e. The van der Waals surface area contributed by atoms with E-state index >= 15 is 0 Å². The number of piperidine rings is 1. The molecular formula is C27H27N7O2. The van der Waals surface area contributed by atoms with Gasteiger partial charge in [0.15, 0.2) is 5.65 Å². The third kappa shape index (κ3) is 3.50. The fraction of sp³-hybridized carbons (Fsp3) is 0.296. The Bertz CT molecular complexity index is 1650. The van der Waals surface area contributed by atoms with Gasteiger partial charge in [-0.25, -0.2) is 19.7 Å². The Balaban J connectivity index is 1.26. The summed E-state index contributed by atoms with van der Waals surface area (Å²) in [5, 5.41) is 0.946. The molecule has 5 heterocycles. The summed E-state index contributed by atoms with van der Waals surface area (Å²) >= 11 is 0. The van der Waals surface area contributed by atoms with Gasteiger partial charge < -0.3 is 9.47 Å². The molecule has 182 valence electrons. The van der Waals surface area contributed by atoms with Gasteiger partial charge in [-0.3, -0.25) is 14.3 Å². The average Bonchev–Trinajstić information content (AvgIpc) is 3.41. The van der Waals surface area contributed by atoms with Crippen molar-refractivity contribution < 1.29 is 4.79 Å². The summed E-state index contributed by atoms with van der Waals surface area (Å²) < 4.78 is 3.92. The first-order chi connectivity index (χ1) is 17.6. The summed E-state index contributed by atoms with van der Waals surface area (Å²) in [6.45, 7) is 3.52. The number of benzene rings is 1. The molecule has 0 amide bonds. The number of fused-ring (bicyclic) bond motifs is 2. The van der Waals surface area contributed by atoms with Crippen LogP contribution < -0.4 is 10.6 Å². The maximum Gasteiger partial charge on any atom is 0.327 e. The number of H-pyrrole nitrogens is 1. The van der Waals surface area contributed by atoms with Crippen LogP contribution in [0.15, 0.2) is 59.8 Å². The maximum absolute atomic E-state index is 13.7. The molecule has 1 saturated heterocycles. The Morgan fingerprint density at radius 2 is 1.83 bits per heavy atom. The van der Waals surface area contributed by atoms with Crippen molar-refractivity contribution in [1.82, 2.24) is 29.1 Å². The Morgan fingerprint density at radius 1 is 1.06 bits per heavy atom. The zero-order valence-corrected chi connectivity index (χ0v) is 20.3. The molecule has 6 rings (SSSR count). The number of imidazole rings is 1. The van der Waals surface area contributed by atoms with Gasteiger partial charge in [-0.15, -0.1) is 0 Å². The van der Waals surface area contributed by atoms with Crippen molar-refractivity contribution in [3.05, 3.63) is 82.4 Å². The van der Waals surface area contributed by atoms with Crippen LogP contribution in [0.4, 0.5) is 5.82 Å². The molecule has 5 aromatic rings. The van der Waals surface area contributed by atoms with Gasteiger partial charge in [-0.1, -0.05) is 25.1 Å². The highest BCUT2D eigenvalue weighted by Gasteiger charge is 2.26. The van der Waals surface area contributed by atoms with Crippen molar-refractivity contribution in [2.24, 2.45) is 7.05 Å². The van der Waals surface area contributed by atoms with Crippen LogP contribution in [0.2, 0.25) is 0 Å². The van der Waals surface area contributed by atoms with Crippen molar-refractivity contribution in [2.45, 2.75) is 32.2 Å². The molecule has 9 heteroatoms. The molecule has 9 nitrogen and oxygen atoms in total. The van der Waals surface area contributed by atoms with E-state index in [9.17, 15) is 9.59 Å². The highest BCUT2D eigenvalue weighted by atomic mass is 16.1. The lowest BCUT2D eigenvalue weighted by Gasteiger charge is -2.33. The number of nitrogens with one attached hydrogen (secondary N) is 1. The molecule has 36 heavy (non-hydrogen) atoms. The Labute approximate surface area is 207 Å². The largest absolute Gasteiger partial charge is 0.356 e. The quantitative estimate of drug-likeness (QED) is 0.385. The van der Waals surface area contributed by atoms with Gasteiger partial charge in [-0.2, -0.15) is 0 Å². The molecule has 0 atom stereocenters. The van der Waals surface area contributed by atoms with E-state index in [1.807, 2.05) is 48.0 Å². The number of anilines is 1. The fourth-order valence-electron chi connectivity index (χ4n) is 5.56. The number of rotatable bonds is 5. The first-order valence-corrected chi connectivity index (χ1v) is 12.3. The lowest BCUT2D eigenvalue weighted by Crippen LogP contribution is -2.37. The van der Waals surface area contributed by atoms with E-state index in [1.54, 1.807) is 12.3 Å². The van der Waals surface area contributed by atoms with Gasteiger partial charge in [-0.05, 0) is 37.5 Å². The molecule has 1 aliphatic rings. The number of aryl methyl sites for hydroxylation is 1. The molecule has 1 aromatic carbocycles. The third-order valence-electron chi connectivity index (χ3n) is 7.32. The fourth-order valence-corrected chi connectivity index (χ4v) is 5.56. The SMILES string of the molecule is CCc1c(C(=O)c2cc(N3CCC(n4c(=O)[nH]c5ncccc54)CC3)ncn2)c2ccccc2n1C. The zero-order chi connectivity index (χ0) is 24.8. The van der Waals surface area contributed by atoms with E-state index in [1.165, 1.54) is 6.33 Å². The molecule has 1 fully saturated rings. The second kappa shape index (κ2) is 8.75. The van der Waals surface area contributed by atoms with Gasteiger partial charge in [0.05, 0.1) is 11.1 Å². The number of pyridine rings is 1. The Hall–Kier alpha value is -4.27. The van der Waals surface area contributed by atoms with Crippen LogP contribution in [-0.2, 0) is 13.5 Å². The number of ketones is 1. The normalized spacial score (nSPS) is 14.7. The van der Waals surface area contributed by atoms with Crippen LogP contribution in [-0.4, -0.2) is 47.9 Å². The summed E-state index contributed by atoms with van der Waals surface area (Å²) in [4.78, 5) is 44.4. The number of aromatic nitrogens is 6. The monoisotopic (exact) mass is 481 g/mol. The maximum atomic E-state index is 13.7. The van der Waals surface area contributed by atoms with E-state index in [2.05, 4.69) is 36.3 Å². The van der Waals surface area contributed by atoms with E-state index in [0.29, 0.717) is 16.9 Å². The summed E-state index contributed by atoms with van der Waals surface area (Å²) in [7, 11) is 2.00. The van der Waals surface area contributed by atoms with E-state index < -0.39 is 0 Å². The second-order valence-corrected chi connectivity index (χ2v) is 9.23. The molecule has 4 aromatic heterocycles. The number of nitrogens with zero attached hydrogens (tertiary/aromatic N) is 6. The third-order valence-corrected chi connectivity index (χ3v) is 7.32. The number of aromatic amines is 1. The van der Waals surface area contributed by atoms with Gasteiger partial charge in [0.1, 0.15) is 17.8 Å². The summed E-state index contributed by atoms with van der Waals surface area (Å²) in [5.74, 6) is 0.651. The highest BCUT2D eigenvalue weighted by Crippen LogP contribution is 2.30. The number of hydrogen-bond donors (Lipinski definition) is 1. The number of para-hydroxylation sites is 1. The van der Waals surface area contributed by atoms with Crippen LogP contribution in [0.25, 0.3) is 22.1 Å². The van der Waals surface area contributed by atoms with Crippen molar-refractivity contribution in [3.63, 3.8) is 0 Å². The van der Waals surface area contributed by atoms with Crippen molar-refractivity contribution >= 4 is 33.7 Å². The van der Waals surface area contributed by atoms with Crippen LogP contribution >= 0.6 is 0 Å². The first kappa shape index (κ1) is 22.2. The Morgan fingerprint density at radius 3 is 2.64 bits per heavy atom. The van der Waals surface area contributed by atoms with Crippen molar-refractivity contribution in [1.29, 1.82) is 0 Å². The molecule has 1 N–H and O–H groups in total. The van der Waals surface area contributed by atoms with Crippen LogP contribution in [0, 0.1) is 0 Å². The van der Waals surface area contributed by atoms with Crippen LogP contribution in [0.5, 0.6) is 0 Å². The van der Waals surface area contributed by atoms with E-state index in [4.69, 9.17) is 0 Å². The predicted octanol–water partition coefficient (Wildman–Crippen LogP) is 3.64. The Kier molecular flexibility index (Phi) is 5.40. The average molecular weight is 482 g/mol. The topological polar surface area (TPSA) is 102 Å². The first-order valence-electron chi connectivity index (χ1n) is 12.3. The summed E-state index contributed by atoms with van der Waals surface area (Å²) in [5.41, 5.74) is 4.47. The minimum absolute atomic E-state index is 0.0810. The van der Waals surface area contributed by atoms with E-state index in [0.717, 1.165) is 60.3 Å². The van der Waals surface area contributed by atoms with Gasteiger partial charge >= 0.3 is 5.69 Å². The van der Waals surface area contributed by atoms with E-state index in [-0.39, 0.29) is 17.5 Å². The smallest absolute Gasteiger partial charge is 0.327 e. The van der Waals surface area contributed by atoms with Gasteiger partial charge in [0.25, 0.3) is 0 Å². The van der Waals surface area contributed by atoms with Crippen LogP contribution in [0.3, 0.4) is 0 Å².